The second kappa shape index (κ2) is 9.91. The molecule has 0 amide bonds. The van der Waals surface area contributed by atoms with Gasteiger partial charge in [0.25, 0.3) is 0 Å². The summed E-state index contributed by atoms with van der Waals surface area (Å²) in [5.41, 5.74) is 7.60. The van der Waals surface area contributed by atoms with Crippen molar-refractivity contribution in [3.63, 3.8) is 0 Å². The lowest BCUT2D eigenvalue weighted by atomic mass is 9.89. The molecule has 2 unspecified atom stereocenters. The van der Waals surface area contributed by atoms with E-state index in [9.17, 15) is 0 Å². The van der Waals surface area contributed by atoms with Crippen LogP contribution in [0.5, 0.6) is 0 Å². The zero-order chi connectivity index (χ0) is 23.5. The molecule has 0 N–H and O–H groups in total. The zero-order valence-electron chi connectivity index (χ0n) is 19.8. The molecule has 1 saturated heterocycles. The lowest BCUT2D eigenvalue weighted by molar-refractivity contribution is -0.0402. The Kier molecular flexibility index (Phi) is 6.18. The molecule has 3 nitrogen and oxygen atoms in total. The molecule has 35 heavy (non-hydrogen) atoms. The quantitative estimate of drug-likeness (QED) is 0.303. The molecule has 0 aromatic heterocycles. The number of ether oxygens (including phenoxy) is 1. The van der Waals surface area contributed by atoms with E-state index in [-0.39, 0.29) is 0 Å². The third kappa shape index (κ3) is 4.66. The lowest BCUT2D eigenvalue weighted by Gasteiger charge is -2.45. The number of hydrogen-bond acceptors (Lipinski definition) is 3. The summed E-state index contributed by atoms with van der Waals surface area (Å²) in [5.74, 6) is 0. The van der Waals surface area contributed by atoms with Gasteiger partial charge in [0.1, 0.15) is 0 Å². The van der Waals surface area contributed by atoms with Gasteiger partial charge >= 0.3 is 0 Å². The van der Waals surface area contributed by atoms with Crippen molar-refractivity contribution in [1.82, 2.24) is 4.90 Å². The van der Waals surface area contributed by atoms with Crippen LogP contribution in [0.25, 0.3) is 5.57 Å². The van der Waals surface area contributed by atoms with E-state index >= 15 is 0 Å². The Morgan fingerprint density at radius 1 is 0.657 bits per heavy atom. The topological polar surface area (TPSA) is 15.7 Å². The van der Waals surface area contributed by atoms with Crippen LogP contribution in [0.15, 0.2) is 121 Å². The highest BCUT2D eigenvalue weighted by molar-refractivity contribution is 5.78. The Labute approximate surface area is 207 Å². The van der Waals surface area contributed by atoms with Gasteiger partial charge in [-0.05, 0) is 59.5 Å². The molecule has 2 heterocycles. The van der Waals surface area contributed by atoms with Crippen molar-refractivity contribution in [3.8, 4) is 0 Å². The molecular weight excluding hydrogens is 428 g/mol. The fraction of sp³-hybridized carbons (Fsp3) is 0.188. The first-order valence-electron chi connectivity index (χ1n) is 12.4. The minimum atomic E-state index is 0.322. The van der Waals surface area contributed by atoms with Gasteiger partial charge in [-0.3, -0.25) is 4.90 Å². The Hall–Kier alpha value is -3.66. The predicted molar refractivity (Wildman–Crippen MR) is 144 cm³/mol. The normalized spacial score (nSPS) is 19.7. The molecule has 3 heteroatoms. The maximum absolute atomic E-state index is 5.94. The molecule has 4 aromatic carbocycles. The van der Waals surface area contributed by atoms with E-state index < -0.39 is 0 Å². The van der Waals surface area contributed by atoms with Crippen LogP contribution in [0.4, 0.5) is 17.1 Å². The Morgan fingerprint density at radius 3 is 1.83 bits per heavy atom. The average Bonchev–Trinajstić information content (AvgIpc) is 2.91. The maximum atomic E-state index is 5.94. The van der Waals surface area contributed by atoms with Gasteiger partial charge < -0.3 is 9.64 Å². The molecule has 2 aliphatic heterocycles. The van der Waals surface area contributed by atoms with Crippen LogP contribution >= 0.6 is 0 Å². The summed E-state index contributed by atoms with van der Waals surface area (Å²) < 4.78 is 5.94. The van der Waals surface area contributed by atoms with Gasteiger partial charge in [0.2, 0.25) is 0 Å². The molecule has 0 spiro atoms. The van der Waals surface area contributed by atoms with Gasteiger partial charge in [0, 0.05) is 29.6 Å². The van der Waals surface area contributed by atoms with Gasteiger partial charge in [-0.1, -0.05) is 84.9 Å². The van der Waals surface area contributed by atoms with Gasteiger partial charge in [0.05, 0.1) is 19.3 Å². The summed E-state index contributed by atoms with van der Waals surface area (Å²) in [6, 6.07) is 41.7. The molecule has 2 atom stereocenters. The maximum Gasteiger partial charge on any atom is 0.0658 e. The van der Waals surface area contributed by atoms with Gasteiger partial charge in [-0.2, -0.15) is 0 Å². The largest absolute Gasteiger partial charge is 0.378 e. The minimum Gasteiger partial charge on any atom is -0.378 e. The summed E-state index contributed by atoms with van der Waals surface area (Å²) in [4.78, 5) is 4.92. The van der Waals surface area contributed by atoms with Crippen LogP contribution in [0, 0.1) is 0 Å². The van der Waals surface area contributed by atoms with Crippen LogP contribution in [0.2, 0.25) is 0 Å². The van der Waals surface area contributed by atoms with E-state index in [0.29, 0.717) is 12.1 Å². The highest BCUT2D eigenvalue weighted by Crippen LogP contribution is 2.37. The highest BCUT2D eigenvalue weighted by atomic mass is 16.5. The molecule has 174 valence electrons. The van der Waals surface area contributed by atoms with Crippen molar-refractivity contribution in [3.05, 3.63) is 132 Å². The van der Waals surface area contributed by atoms with E-state index in [1.807, 2.05) is 0 Å². The Morgan fingerprint density at radius 2 is 1.23 bits per heavy atom. The van der Waals surface area contributed by atoms with Crippen LogP contribution in [0.3, 0.4) is 0 Å². The van der Waals surface area contributed by atoms with Crippen molar-refractivity contribution >= 4 is 22.6 Å². The first kappa shape index (κ1) is 21.8. The van der Waals surface area contributed by atoms with Gasteiger partial charge in [-0.15, -0.1) is 0 Å². The Balaban J connectivity index is 1.27. The van der Waals surface area contributed by atoms with E-state index in [2.05, 4.69) is 131 Å². The lowest BCUT2D eigenvalue weighted by Crippen LogP contribution is -2.53. The predicted octanol–water partition coefficient (Wildman–Crippen LogP) is 7.21. The van der Waals surface area contributed by atoms with E-state index in [0.717, 1.165) is 43.2 Å². The third-order valence-electron chi connectivity index (χ3n) is 7.08. The standard InChI is InChI=1S/C32H30N2O/c1-4-10-25(11-5-1)22-33-31-20-27(21-32(33)24-35-23-31)26-16-18-30(19-17-26)34(28-12-6-2-7-13-28)29-14-8-3-9-15-29/h1-20,31-32H,21-24H2. The van der Waals surface area contributed by atoms with Crippen molar-refractivity contribution in [2.75, 3.05) is 18.1 Å². The monoisotopic (exact) mass is 458 g/mol. The summed E-state index contributed by atoms with van der Waals surface area (Å²) in [7, 11) is 0. The SMILES string of the molecule is C1=C(c2ccc(N(c3ccccc3)c3ccccc3)cc2)CC2COCC1N2Cc1ccccc1. The number of anilines is 3. The van der Waals surface area contributed by atoms with Gasteiger partial charge in [-0.25, -0.2) is 0 Å². The molecule has 0 aliphatic carbocycles. The van der Waals surface area contributed by atoms with Crippen LogP contribution in [-0.4, -0.2) is 30.2 Å². The molecule has 6 rings (SSSR count). The number of nitrogens with zero attached hydrogens (tertiary/aromatic N) is 2. The number of hydrogen-bond donors (Lipinski definition) is 0. The second-order valence-electron chi connectivity index (χ2n) is 9.37. The molecule has 1 fully saturated rings. The van der Waals surface area contributed by atoms with Crippen molar-refractivity contribution in [1.29, 1.82) is 0 Å². The summed E-state index contributed by atoms with van der Waals surface area (Å²) in [5, 5.41) is 0. The molecule has 0 radical (unpaired) electrons. The summed E-state index contributed by atoms with van der Waals surface area (Å²) in [6.45, 7) is 2.54. The first-order valence-corrected chi connectivity index (χ1v) is 12.4. The van der Waals surface area contributed by atoms with Crippen molar-refractivity contribution in [2.24, 2.45) is 0 Å². The fourth-order valence-corrected chi connectivity index (χ4v) is 5.34. The van der Waals surface area contributed by atoms with E-state index in [1.54, 1.807) is 0 Å². The average molecular weight is 459 g/mol. The summed E-state index contributed by atoms with van der Waals surface area (Å²) in [6.07, 6.45) is 3.45. The highest BCUT2D eigenvalue weighted by Gasteiger charge is 2.34. The van der Waals surface area contributed by atoms with Crippen molar-refractivity contribution in [2.45, 2.75) is 25.0 Å². The van der Waals surface area contributed by atoms with Crippen molar-refractivity contribution < 1.29 is 4.74 Å². The minimum absolute atomic E-state index is 0.322. The third-order valence-corrected chi connectivity index (χ3v) is 7.08. The fourth-order valence-electron chi connectivity index (χ4n) is 5.34. The molecular formula is C32H30N2O. The van der Waals surface area contributed by atoms with Crippen LogP contribution in [-0.2, 0) is 11.3 Å². The van der Waals surface area contributed by atoms with E-state index in [4.69, 9.17) is 4.74 Å². The van der Waals surface area contributed by atoms with Gasteiger partial charge in [0.15, 0.2) is 0 Å². The molecule has 0 saturated carbocycles. The summed E-state index contributed by atoms with van der Waals surface area (Å²) >= 11 is 0. The molecule has 4 aromatic rings. The zero-order valence-corrected chi connectivity index (χ0v) is 19.8. The Bertz CT molecular complexity index is 1230. The number of fused-ring (bicyclic) bond motifs is 2. The number of morpholine rings is 1. The van der Waals surface area contributed by atoms with Crippen LogP contribution < -0.4 is 4.90 Å². The number of benzene rings is 4. The first-order chi connectivity index (χ1) is 17.3. The van der Waals surface area contributed by atoms with E-state index in [1.165, 1.54) is 16.7 Å². The van der Waals surface area contributed by atoms with Crippen LogP contribution in [0.1, 0.15) is 17.5 Å². The number of rotatable bonds is 6. The molecule has 2 bridgehead atoms. The second-order valence-corrected chi connectivity index (χ2v) is 9.37. The number of para-hydroxylation sites is 2. The smallest absolute Gasteiger partial charge is 0.0658 e. The molecule has 2 aliphatic rings.